The standard InChI is InChI=1S/C11H13N3O/c1-7-5-3-4-6-9(7)12-10-8(2)13-14-11(10)15/h3-6,10,12H,1-2H3,(H,14,15). The Morgan fingerprint density at radius 1 is 1.33 bits per heavy atom. The molecule has 1 aromatic rings. The number of hydrogen-bond donors (Lipinski definition) is 2. The predicted molar refractivity (Wildman–Crippen MR) is 59.8 cm³/mol. The van der Waals surface area contributed by atoms with E-state index >= 15 is 0 Å². The fraction of sp³-hybridized carbons (Fsp3) is 0.273. The van der Waals surface area contributed by atoms with Gasteiger partial charge in [-0.1, -0.05) is 18.2 Å². The Balaban J connectivity index is 2.19. The Morgan fingerprint density at radius 3 is 2.67 bits per heavy atom. The molecule has 0 bridgehead atoms. The minimum atomic E-state index is -0.342. The first-order valence-electron chi connectivity index (χ1n) is 4.84. The summed E-state index contributed by atoms with van der Waals surface area (Å²) in [6.07, 6.45) is 0. The van der Waals surface area contributed by atoms with Crippen molar-refractivity contribution in [3.05, 3.63) is 29.8 Å². The van der Waals surface area contributed by atoms with E-state index < -0.39 is 0 Å². The van der Waals surface area contributed by atoms with E-state index in [-0.39, 0.29) is 11.9 Å². The van der Waals surface area contributed by atoms with Gasteiger partial charge in [-0.25, -0.2) is 5.43 Å². The van der Waals surface area contributed by atoms with Gasteiger partial charge in [-0.3, -0.25) is 4.79 Å². The molecule has 0 radical (unpaired) electrons. The molecular formula is C11H13N3O. The lowest BCUT2D eigenvalue weighted by Crippen LogP contribution is -2.35. The van der Waals surface area contributed by atoms with Crippen LogP contribution >= 0.6 is 0 Å². The molecule has 0 saturated heterocycles. The number of carbonyl (C=O) groups excluding carboxylic acids is 1. The normalized spacial score (nSPS) is 19.7. The van der Waals surface area contributed by atoms with E-state index in [9.17, 15) is 4.79 Å². The van der Waals surface area contributed by atoms with Crippen LogP contribution in [0.2, 0.25) is 0 Å². The largest absolute Gasteiger partial charge is 0.369 e. The average Bonchev–Trinajstić information content (AvgIpc) is 2.53. The van der Waals surface area contributed by atoms with Crippen molar-refractivity contribution in [2.75, 3.05) is 5.32 Å². The van der Waals surface area contributed by atoms with Crippen LogP contribution in [0.25, 0.3) is 0 Å². The minimum absolute atomic E-state index is 0.101. The summed E-state index contributed by atoms with van der Waals surface area (Å²) in [7, 11) is 0. The van der Waals surface area contributed by atoms with Gasteiger partial charge in [-0.2, -0.15) is 5.10 Å². The monoisotopic (exact) mass is 203 g/mol. The number of nitrogens with zero attached hydrogens (tertiary/aromatic N) is 1. The summed E-state index contributed by atoms with van der Waals surface area (Å²) in [6.45, 7) is 3.83. The zero-order valence-corrected chi connectivity index (χ0v) is 8.74. The summed E-state index contributed by atoms with van der Waals surface area (Å²) in [5.74, 6) is -0.101. The number of rotatable bonds is 2. The molecule has 2 N–H and O–H groups in total. The Labute approximate surface area is 88.4 Å². The number of hydrazone groups is 1. The molecule has 4 nitrogen and oxygen atoms in total. The number of benzene rings is 1. The van der Waals surface area contributed by atoms with Crippen molar-refractivity contribution in [2.45, 2.75) is 19.9 Å². The van der Waals surface area contributed by atoms with Gasteiger partial charge in [0.1, 0.15) is 6.04 Å². The maximum atomic E-state index is 11.4. The number of hydrogen-bond acceptors (Lipinski definition) is 3. The highest BCUT2D eigenvalue weighted by molar-refractivity contribution is 6.12. The molecule has 1 amide bonds. The molecule has 1 unspecified atom stereocenters. The van der Waals surface area contributed by atoms with Gasteiger partial charge in [0, 0.05) is 5.69 Å². The van der Waals surface area contributed by atoms with Gasteiger partial charge in [0.25, 0.3) is 5.91 Å². The van der Waals surface area contributed by atoms with Crippen molar-refractivity contribution in [3.8, 4) is 0 Å². The number of carbonyl (C=O) groups is 1. The van der Waals surface area contributed by atoms with Crippen molar-refractivity contribution in [1.29, 1.82) is 0 Å². The summed E-state index contributed by atoms with van der Waals surface area (Å²) in [4.78, 5) is 11.4. The van der Waals surface area contributed by atoms with Gasteiger partial charge in [-0.15, -0.1) is 0 Å². The highest BCUT2D eigenvalue weighted by Gasteiger charge is 2.26. The predicted octanol–water partition coefficient (Wildman–Crippen LogP) is 1.28. The third kappa shape index (κ3) is 1.83. The van der Waals surface area contributed by atoms with E-state index in [1.807, 2.05) is 38.1 Å². The molecule has 0 spiro atoms. The van der Waals surface area contributed by atoms with Crippen LogP contribution in [0, 0.1) is 6.92 Å². The lowest BCUT2D eigenvalue weighted by Gasteiger charge is -2.13. The first-order valence-corrected chi connectivity index (χ1v) is 4.84. The molecule has 78 valence electrons. The second kappa shape index (κ2) is 3.73. The Morgan fingerprint density at radius 2 is 2.07 bits per heavy atom. The van der Waals surface area contributed by atoms with E-state index in [0.717, 1.165) is 17.0 Å². The Kier molecular flexibility index (Phi) is 2.41. The van der Waals surface area contributed by atoms with Crippen LogP contribution in [-0.2, 0) is 4.79 Å². The van der Waals surface area contributed by atoms with Gasteiger partial charge in [0.15, 0.2) is 0 Å². The summed E-state index contributed by atoms with van der Waals surface area (Å²) in [5.41, 5.74) is 5.30. The summed E-state index contributed by atoms with van der Waals surface area (Å²) in [5, 5.41) is 7.04. The number of anilines is 1. The van der Waals surface area contributed by atoms with E-state index in [2.05, 4.69) is 15.8 Å². The maximum absolute atomic E-state index is 11.4. The Bertz CT molecular complexity index is 426. The highest BCUT2D eigenvalue weighted by Crippen LogP contribution is 2.15. The molecule has 2 rings (SSSR count). The number of aryl methyl sites for hydroxylation is 1. The molecule has 0 aliphatic carbocycles. The third-order valence-electron chi connectivity index (χ3n) is 2.47. The number of para-hydroxylation sites is 1. The molecule has 4 heteroatoms. The van der Waals surface area contributed by atoms with Crippen LogP contribution in [0.1, 0.15) is 12.5 Å². The van der Waals surface area contributed by atoms with E-state index in [0.29, 0.717) is 0 Å². The Hall–Kier alpha value is -1.84. The van der Waals surface area contributed by atoms with Gasteiger partial charge < -0.3 is 5.32 Å². The molecule has 1 atom stereocenters. The molecule has 1 aliphatic heterocycles. The van der Waals surface area contributed by atoms with E-state index in [4.69, 9.17) is 0 Å². The second-order valence-corrected chi connectivity index (χ2v) is 3.62. The highest BCUT2D eigenvalue weighted by atomic mass is 16.2. The minimum Gasteiger partial charge on any atom is -0.369 e. The molecule has 1 heterocycles. The smallest absolute Gasteiger partial charge is 0.268 e. The fourth-order valence-electron chi connectivity index (χ4n) is 1.52. The molecule has 0 fully saturated rings. The van der Waals surface area contributed by atoms with Crippen LogP contribution in [0.15, 0.2) is 29.4 Å². The number of nitrogens with one attached hydrogen (secondary N) is 2. The van der Waals surface area contributed by atoms with Crippen molar-refractivity contribution in [3.63, 3.8) is 0 Å². The van der Waals surface area contributed by atoms with E-state index in [1.54, 1.807) is 0 Å². The topological polar surface area (TPSA) is 53.5 Å². The second-order valence-electron chi connectivity index (χ2n) is 3.62. The molecule has 1 aliphatic rings. The van der Waals surface area contributed by atoms with Crippen LogP contribution < -0.4 is 10.7 Å². The summed E-state index contributed by atoms with van der Waals surface area (Å²) in [6, 6.07) is 7.52. The SMILES string of the molecule is CC1=NNC(=O)C1Nc1ccccc1C. The molecule has 0 saturated carbocycles. The van der Waals surface area contributed by atoms with Crippen molar-refractivity contribution in [1.82, 2.24) is 5.43 Å². The van der Waals surface area contributed by atoms with Crippen molar-refractivity contribution >= 4 is 17.3 Å². The first kappa shape index (κ1) is 9.71. The van der Waals surface area contributed by atoms with E-state index in [1.165, 1.54) is 0 Å². The molecule has 15 heavy (non-hydrogen) atoms. The van der Waals surface area contributed by atoms with Crippen LogP contribution in [-0.4, -0.2) is 17.7 Å². The van der Waals surface area contributed by atoms with Crippen LogP contribution in [0.3, 0.4) is 0 Å². The van der Waals surface area contributed by atoms with Gasteiger partial charge >= 0.3 is 0 Å². The van der Waals surface area contributed by atoms with Crippen LogP contribution in [0.4, 0.5) is 5.69 Å². The lowest BCUT2D eigenvalue weighted by molar-refractivity contribution is -0.119. The summed E-state index contributed by atoms with van der Waals surface area (Å²) >= 11 is 0. The van der Waals surface area contributed by atoms with Gasteiger partial charge in [0.2, 0.25) is 0 Å². The summed E-state index contributed by atoms with van der Waals surface area (Å²) < 4.78 is 0. The van der Waals surface area contributed by atoms with Gasteiger partial charge in [0.05, 0.1) is 5.71 Å². The lowest BCUT2D eigenvalue weighted by atomic mass is 10.1. The van der Waals surface area contributed by atoms with Gasteiger partial charge in [-0.05, 0) is 25.5 Å². The van der Waals surface area contributed by atoms with Crippen molar-refractivity contribution in [2.24, 2.45) is 5.10 Å². The maximum Gasteiger partial charge on any atom is 0.268 e. The quantitative estimate of drug-likeness (QED) is 0.760. The molecule has 1 aromatic carbocycles. The zero-order chi connectivity index (χ0) is 10.8. The van der Waals surface area contributed by atoms with Crippen molar-refractivity contribution < 1.29 is 4.79 Å². The fourth-order valence-corrected chi connectivity index (χ4v) is 1.52. The number of amides is 1. The molecule has 0 aromatic heterocycles. The molecular weight excluding hydrogens is 190 g/mol. The average molecular weight is 203 g/mol. The third-order valence-corrected chi connectivity index (χ3v) is 2.47. The zero-order valence-electron chi connectivity index (χ0n) is 8.74. The first-order chi connectivity index (χ1) is 7.18. The van der Waals surface area contributed by atoms with Crippen LogP contribution in [0.5, 0.6) is 0 Å².